The molecule has 0 spiro atoms. The Morgan fingerprint density at radius 1 is 1.16 bits per heavy atom. The summed E-state index contributed by atoms with van der Waals surface area (Å²) in [7, 11) is 0. The fourth-order valence-electron chi connectivity index (χ4n) is 1.48. The first-order valence-electron chi connectivity index (χ1n) is 5.68. The number of carbonyl (C=O) groups excluding carboxylic acids is 1. The van der Waals surface area contributed by atoms with E-state index >= 15 is 0 Å². The molecular formula is C14H13FN2OS. The second-order valence-corrected chi connectivity index (χ2v) is 4.93. The number of carbonyl (C=O) groups is 1. The monoisotopic (exact) mass is 276 g/mol. The van der Waals surface area contributed by atoms with Gasteiger partial charge in [-0.15, -0.1) is 11.8 Å². The fourth-order valence-corrected chi connectivity index (χ4v) is 2.18. The van der Waals surface area contributed by atoms with Gasteiger partial charge in [-0.05, 0) is 36.4 Å². The maximum Gasteiger partial charge on any atom is 0.234 e. The minimum absolute atomic E-state index is 0.146. The SMILES string of the molecule is Nc1ccccc1NC(=O)CSc1ccc(F)cc1. The van der Waals surface area contributed by atoms with Crippen molar-refractivity contribution >= 4 is 29.0 Å². The standard InChI is InChI=1S/C14H13FN2OS/c15-10-5-7-11(8-6-10)19-9-14(18)17-13-4-2-1-3-12(13)16/h1-8H,9,16H2,(H,17,18). The highest BCUT2D eigenvalue weighted by atomic mass is 32.2. The first-order chi connectivity index (χ1) is 9.15. The van der Waals surface area contributed by atoms with Crippen molar-refractivity contribution in [1.29, 1.82) is 0 Å². The molecule has 0 aliphatic rings. The quantitative estimate of drug-likeness (QED) is 0.666. The molecule has 0 aliphatic carbocycles. The van der Waals surface area contributed by atoms with E-state index in [1.54, 1.807) is 36.4 Å². The highest BCUT2D eigenvalue weighted by molar-refractivity contribution is 8.00. The van der Waals surface area contributed by atoms with E-state index in [9.17, 15) is 9.18 Å². The molecule has 0 radical (unpaired) electrons. The van der Waals surface area contributed by atoms with Crippen LogP contribution in [0.4, 0.5) is 15.8 Å². The Morgan fingerprint density at radius 3 is 2.53 bits per heavy atom. The zero-order valence-electron chi connectivity index (χ0n) is 10.1. The van der Waals surface area contributed by atoms with Gasteiger partial charge in [-0.3, -0.25) is 4.79 Å². The summed E-state index contributed by atoms with van der Waals surface area (Å²) in [4.78, 5) is 12.6. The van der Waals surface area contributed by atoms with Crippen molar-refractivity contribution in [3.05, 3.63) is 54.3 Å². The molecule has 19 heavy (non-hydrogen) atoms. The number of nitrogens with one attached hydrogen (secondary N) is 1. The summed E-state index contributed by atoms with van der Waals surface area (Å²) >= 11 is 1.34. The van der Waals surface area contributed by atoms with Crippen molar-refractivity contribution < 1.29 is 9.18 Å². The number of nitrogens with two attached hydrogens (primary N) is 1. The maximum absolute atomic E-state index is 12.7. The minimum Gasteiger partial charge on any atom is -0.397 e. The van der Waals surface area contributed by atoms with E-state index in [2.05, 4.69) is 5.32 Å². The number of amides is 1. The van der Waals surface area contributed by atoms with Gasteiger partial charge in [0.05, 0.1) is 17.1 Å². The van der Waals surface area contributed by atoms with Crippen LogP contribution in [0.15, 0.2) is 53.4 Å². The third-order valence-corrected chi connectivity index (χ3v) is 3.43. The molecule has 0 saturated heterocycles. The number of rotatable bonds is 4. The van der Waals surface area contributed by atoms with Crippen LogP contribution >= 0.6 is 11.8 Å². The predicted molar refractivity (Wildman–Crippen MR) is 76.6 cm³/mol. The number of nitrogen functional groups attached to an aromatic ring is 1. The molecule has 0 bridgehead atoms. The summed E-state index contributed by atoms with van der Waals surface area (Å²) in [5.74, 6) is -0.182. The molecule has 2 rings (SSSR count). The van der Waals surface area contributed by atoms with Crippen molar-refractivity contribution in [3.8, 4) is 0 Å². The van der Waals surface area contributed by atoms with Gasteiger partial charge in [0.15, 0.2) is 0 Å². The van der Waals surface area contributed by atoms with Crippen molar-refractivity contribution in [2.45, 2.75) is 4.90 Å². The van der Waals surface area contributed by atoms with Crippen molar-refractivity contribution in [3.63, 3.8) is 0 Å². The fraction of sp³-hybridized carbons (Fsp3) is 0.0714. The number of halogens is 1. The van der Waals surface area contributed by atoms with Crippen LogP contribution in [0.1, 0.15) is 0 Å². The maximum atomic E-state index is 12.7. The van der Waals surface area contributed by atoms with Crippen LogP contribution in [0, 0.1) is 5.82 Å². The van der Waals surface area contributed by atoms with Crippen molar-refractivity contribution in [2.24, 2.45) is 0 Å². The van der Waals surface area contributed by atoms with E-state index < -0.39 is 0 Å². The Hall–Kier alpha value is -2.01. The van der Waals surface area contributed by atoms with Crippen LogP contribution in [-0.2, 0) is 4.79 Å². The van der Waals surface area contributed by atoms with Crippen LogP contribution < -0.4 is 11.1 Å². The molecule has 3 N–H and O–H groups in total. The number of hydrogen-bond acceptors (Lipinski definition) is 3. The molecule has 0 fully saturated rings. The van der Waals surface area contributed by atoms with Crippen LogP contribution in [0.5, 0.6) is 0 Å². The summed E-state index contributed by atoms with van der Waals surface area (Å²) in [5.41, 5.74) is 6.86. The number of benzene rings is 2. The topological polar surface area (TPSA) is 55.1 Å². The van der Waals surface area contributed by atoms with E-state index in [4.69, 9.17) is 5.73 Å². The predicted octanol–water partition coefficient (Wildman–Crippen LogP) is 3.14. The smallest absolute Gasteiger partial charge is 0.234 e. The first kappa shape index (κ1) is 13.4. The van der Waals surface area contributed by atoms with E-state index in [1.165, 1.54) is 23.9 Å². The van der Waals surface area contributed by atoms with Crippen LogP contribution in [0.2, 0.25) is 0 Å². The average Bonchev–Trinajstić information content (AvgIpc) is 2.41. The number of hydrogen-bond donors (Lipinski definition) is 2. The highest BCUT2D eigenvalue weighted by Gasteiger charge is 2.05. The van der Waals surface area contributed by atoms with Gasteiger partial charge in [-0.1, -0.05) is 12.1 Å². The number of anilines is 2. The Labute approximate surface area is 115 Å². The minimum atomic E-state index is -0.286. The van der Waals surface area contributed by atoms with Crippen LogP contribution in [0.25, 0.3) is 0 Å². The summed E-state index contributed by atoms with van der Waals surface area (Å²) in [5, 5.41) is 2.73. The molecule has 0 heterocycles. The molecule has 98 valence electrons. The van der Waals surface area contributed by atoms with Gasteiger partial charge in [0.2, 0.25) is 5.91 Å². The molecule has 2 aromatic rings. The van der Waals surface area contributed by atoms with Crippen molar-refractivity contribution in [1.82, 2.24) is 0 Å². The van der Waals surface area contributed by atoms with Gasteiger partial charge in [0.25, 0.3) is 0 Å². The molecule has 5 heteroatoms. The largest absolute Gasteiger partial charge is 0.397 e. The summed E-state index contributed by atoms with van der Waals surface area (Å²) in [6, 6.07) is 13.1. The van der Waals surface area contributed by atoms with Gasteiger partial charge in [-0.2, -0.15) is 0 Å². The molecule has 0 saturated carbocycles. The molecule has 1 amide bonds. The van der Waals surface area contributed by atoms with E-state index in [1.807, 2.05) is 0 Å². The second-order valence-electron chi connectivity index (χ2n) is 3.88. The lowest BCUT2D eigenvalue weighted by Crippen LogP contribution is -2.15. The molecule has 0 aliphatic heterocycles. The molecule has 0 aromatic heterocycles. The van der Waals surface area contributed by atoms with Gasteiger partial charge in [-0.25, -0.2) is 4.39 Å². The van der Waals surface area contributed by atoms with Crippen LogP contribution in [-0.4, -0.2) is 11.7 Å². The first-order valence-corrected chi connectivity index (χ1v) is 6.66. The lowest BCUT2D eigenvalue weighted by Gasteiger charge is -2.07. The van der Waals surface area contributed by atoms with E-state index in [0.29, 0.717) is 11.4 Å². The van der Waals surface area contributed by atoms with E-state index in [-0.39, 0.29) is 17.5 Å². The number of para-hydroxylation sites is 2. The van der Waals surface area contributed by atoms with Gasteiger partial charge in [0, 0.05) is 4.90 Å². The molecule has 0 unspecified atom stereocenters. The molecular weight excluding hydrogens is 263 g/mol. The average molecular weight is 276 g/mol. The van der Waals surface area contributed by atoms with Gasteiger partial charge in [0.1, 0.15) is 5.82 Å². The molecule has 2 aromatic carbocycles. The summed E-state index contributed by atoms with van der Waals surface area (Å²) in [6.45, 7) is 0. The normalized spacial score (nSPS) is 10.2. The summed E-state index contributed by atoms with van der Waals surface area (Å²) in [6.07, 6.45) is 0. The van der Waals surface area contributed by atoms with Gasteiger partial charge < -0.3 is 11.1 Å². The number of thioether (sulfide) groups is 1. The highest BCUT2D eigenvalue weighted by Crippen LogP contribution is 2.20. The second kappa shape index (κ2) is 6.24. The van der Waals surface area contributed by atoms with E-state index in [0.717, 1.165) is 4.90 Å². The van der Waals surface area contributed by atoms with Crippen LogP contribution in [0.3, 0.4) is 0 Å². The van der Waals surface area contributed by atoms with Crippen molar-refractivity contribution in [2.75, 3.05) is 16.8 Å². The summed E-state index contributed by atoms with van der Waals surface area (Å²) < 4.78 is 12.7. The lowest BCUT2D eigenvalue weighted by molar-refractivity contribution is -0.113. The Kier molecular flexibility index (Phi) is 4.41. The third-order valence-electron chi connectivity index (χ3n) is 2.42. The molecule has 0 atom stereocenters. The molecule has 3 nitrogen and oxygen atoms in total. The Morgan fingerprint density at radius 2 is 1.84 bits per heavy atom. The Bertz CT molecular complexity index is 572. The third kappa shape index (κ3) is 3.99. The zero-order chi connectivity index (χ0) is 13.7. The lowest BCUT2D eigenvalue weighted by atomic mass is 10.3. The van der Waals surface area contributed by atoms with Gasteiger partial charge >= 0.3 is 0 Å². The zero-order valence-corrected chi connectivity index (χ0v) is 10.9. The Balaban J connectivity index is 1.88.